The van der Waals surface area contributed by atoms with Crippen molar-refractivity contribution in [3.8, 4) is 84.9 Å². The molecule has 17 heterocycles. The monoisotopic (exact) mass is 1900 g/mol. The Kier molecular flexibility index (Phi) is 30.1. The largest absolute Gasteiger partial charge is 0.508 e. The lowest BCUT2D eigenvalue weighted by Gasteiger charge is -2.19. The maximum Gasteiger partial charge on any atom is 0.308 e. The number of hydrogen-bond acceptors (Lipinski definition) is 37. The molecule has 0 saturated carbocycles. The predicted octanol–water partition coefficient (Wildman–Crippen LogP) is 12.1. The maximum atomic E-state index is 13.6. The van der Waals surface area contributed by atoms with E-state index in [2.05, 4.69) is 105 Å². The number of anilines is 7. The average Bonchev–Trinajstić information content (AvgIpc) is 1.61. The molecular weight excluding hydrogens is 1800 g/mol. The van der Waals surface area contributed by atoms with Gasteiger partial charge in [0, 0.05) is 130 Å². The zero-order chi connectivity index (χ0) is 99.6. The molecule has 1 aliphatic heterocycles. The van der Waals surface area contributed by atoms with Crippen molar-refractivity contribution in [1.82, 2.24) is 133 Å². The number of nitrogen functional groups attached to an aromatic ring is 6. The van der Waals surface area contributed by atoms with E-state index < -0.39 is 26.8 Å². The number of rotatable bonds is 13. The molecule has 137 heavy (non-hydrogen) atoms. The van der Waals surface area contributed by atoms with Gasteiger partial charge in [0.05, 0.1) is 58.5 Å². The molecule has 710 valence electrons. The molecule has 18 aromatic rings. The molecule has 46 nitrogen and oxygen atoms in total. The van der Waals surface area contributed by atoms with E-state index in [1.807, 2.05) is 157 Å². The van der Waals surface area contributed by atoms with Crippen LogP contribution >= 0.6 is 0 Å². The fourth-order valence-electron chi connectivity index (χ4n) is 14.5. The first-order valence-corrected chi connectivity index (χ1v) is 44.1. The number of phenolic OH excluding ortho intramolecular Hbond substituents is 1. The van der Waals surface area contributed by atoms with Crippen molar-refractivity contribution in [1.29, 1.82) is 9.56 Å². The van der Waals surface area contributed by atoms with Crippen LogP contribution in [-0.2, 0) is 37.8 Å². The number of halogens is 1. The highest BCUT2D eigenvalue weighted by Crippen LogP contribution is 2.41. The summed E-state index contributed by atoms with van der Waals surface area (Å²) in [7, 11) is -2.04. The van der Waals surface area contributed by atoms with Gasteiger partial charge in [-0.05, 0) is 164 Å². The van der Waals surface area contributed by atoms with Gasteiger partial charge in [-0.1, -0.05) is 6.07 Å². The number of nitrogens with zero attached hydrogens (tertiary/aromatic N) is 25. The van der Waals surface area contributed by atoms with Gasteiger partial charge >= 0.3 is 21.0 Å². The predicted molar refractivity (Wildman–Crippen MR) is 517 cm³/mol. The van der Waals surface area contributed by atoms with Gasteiger partial charge in [-0.2, -0.15) is 51.9 Å². The van der Waals surface area contributed by atoms with Crippen molar-refractivity contribution in [3.63, 3.8) is 0 Å². The van der Waals surface area contributed by atoms with Crippen LogP contribution in [0.3, 0.4) is 0 Å². The summed E-state index contributed by atoms with van der Waals surface area (Å²) in [5.74, 6) is 2.84. The first kappa shape index (κ1) is 98.9. The maximum absolute atomic E-state index is 13.6. The van der Waals surface area contributed by atoms with Crippen molar-refractivity contribution in [3.05, 3.63) is 185 Å². The van der Waals surface area contributed by atoms with Gasteiger partial charge in [-0.25, -0.2) is 97.6 Å². The second kappa shape index (κ2) is 41.7. The molecule has 1 aliphatic rings. The fourth-order valence-corrected chi connectivity index (χ4v) is 14.5. The number of amides is 1. The molecule has 16 aromatic heterocycles. The zero-order valence-corrected chi connectivity index (χ0v) is 79.0. The molecule has 0 radical (unpaired) electrons. The number of aryl methyl sites for hydroxylation is 2. The van der Waals surface area contributed by atoms with Crippen molar-refractivity contribution >= 4 is 134 Å². The van der Waals surface area contributed by atoms with Crippen LogP contribution in [0.15, 0.2) is 151 Å². The smallest absolute Gasteiger partial charge is 0.308 e. The first-order chi connectivity index (χ1) is 65.0. The summed E-state index contributed by atoms with van der Waals surface area (Å²) in [6.45, 7) is 30.2. The molecule has 0 atom stereocenters. The van der Waals surface area contributed by atoms with Gasteiger partial charge in [0.15, 0.2) is 28.2 Å². The molecule has 0 saturated heterocycles. The van der Waals surface area contributed by atoms with Crippen LogP contribution in [0.5, 0.6) is 17.5 Å². The topological polar surface area (TPSA) is 680 Å². The van der Waals surface area contributed by atoms with Gasteiger partial charge in [0.1, 0.15) is 119 Å². The van der Waals surface area contributed by atoms with Gasteiger partial charge < -0.3 is 68.8 Å². The number of methoxy groups -OCH3 is 2. The van der Waals surface area contributed by atoms with E-state index in [1.54, 1.807) is 68.8 Å². The zero-order valence-electron chi connectivity index (χ0n) is 77.3. The summed E-state index contributed by atoms with van der Waals surface area (Å²) in [6, 6.07) is 21.1. The van der Waals surface area contributed by atoms with Crippen LogP contribution < -0.4 is 60.3 Å². The third-order valence-corrected chi connectivity index (χ3v) is 20.7. The number of nitrogens with two attached hydrogens (primary N) is 6. The highest BCUT2D eigenvalue weighted by molar-refractivity contribution is 7.60. The Labute approximate surface area is 782 Å². The number of nitrogens with one attached hydrogen (secondary N) is 5. The Morgan fingerprint density at radius 2 is 0.847 bits per heavy atom. The summed E-state index contributed by atoms with van der Waals surface area (Å²) in [5, 5.41) is 40.0. The number of fused-ring (bicyclic) bond motifs is 7. The highest BCUT2D eigenvalue weighted by atomic mass is 32.2. The number of carbonyl (C=O) groups excluding carboxylic acids is 1. The Hall–Kier alpha value is -17.2. The van der Waals surface area contributed by atoms with E-state index >= 15 is 0 Å². The molecule has 18 N–H and O–H groups in total. The minimum atomic E-state index is -2.61. The lowest BCUT2D eigenvalue weighted by atomic mass is 10.0. The van der Waals surface area contributed by atoms with Crippen molar-refractivity contribution < 1.29 is 40.6 Å². The van der Waals surface area contributed by atoms with Crippen LogP contribution in [0.1, 0.15) is 137 Å². The standard InChI is InChI=1S/C16H16N6O.C15H15FN4O.2C15H18N6O.C14H16N6O.C13H14N6O.2HNO2S/c1-8(2)22-16-13(15(17)18-7-19-16)14(21-22)9-3-4-11-10(5-9)6-12(23)20-11;1-8(2)20-6-12(9-3-10(16)5-11(21)4-9)13-14(17)18-7-19-15(13)20;1-8-5-9(6-17-14(8)22)11-10-12(16)18-7-19-13(10)21(20-11)15(2,3)4;1-8(2)21-14-11(13(16)18-7-19-14)12(20-21)10-5-9(3)15(22-4)17-6-10;1-8(2)20-14-11(13(15)17-7-18-14)12(19-20)9-4-5-10(21-3)16-6-9;1-7(2)19-13-10(12(14)16-6-17-13)11(18-19)8-3-4-9(20)15-5-8;2*1-4(2)3/h3-5,7-8H,6H2,1-2H3,(H,20,23)(H2,17,18,19);3-8,21H,1-2H3,(H2,17,18,19);5-7H,1-4H3,(H,17,22)(H2,16,18,19);5-8H,1-4H3,(H2,16,18,19);4-8H,1-3H3,(H2,15,17,18);3-7H,1-2H3,(H,15,20)(H2,14,16,17);2*1H. The lowest BCUT2D eigenvalue weighted by molar-refractivity contribution is -0.115. The van der Waals surface area contributed by atoms with Crippen molar-refractivity contribution in [2.45, 2.75) is 146 Å². The van der Waals surface area contributed by atoms with E-state index in [1.165, 1.54) is 56.2 Å². The van der Waals surface area contributed by atoms with Crippen molar-refractivity contribution in [2.75, 3.05) is 53.9 Å². The Morgan fingerprint density at radius 1 is 0.438 bits per heavy atom. The van der Waals surface area contributed by atoms with E-state index in [-0.39, 0.29) is 58.5 Å². The number of aromatic hydroxyl groups is 1. The normalized spacial score (nSPS) is 11.5. The second-order valence-corrected chi connectivity index (χ2v) is 34.0. The molecule has 49 heteroatoms. The molecule has 0 bridgehead atoms. The number of hydrogen-bond donors (Lipinski definition) is 12. The second-order valence-electron chi connectivity index (χ2n) is 33.0. The van der Waals surface area contributed by atoms with Crippen molar-refractivity contribution in [2.24, 2.45) is 0 Å². The molecule has 0 aliphatic carbocycles. The molecule has 0 spiro atoms. The lowest BCUT2D eigenvalue weighted by Crippen LogP contribution is -2.23. The van der Waals surface area contributed by atoms with Crippen LogP contribution in [0.2, 0.25) is 0 Å². The van der Waals surface area contributed by atoms with E-state index in [0.29, 0.717) is 114 Å². The number of benzene rings is 2. The molecule has 2 aromatic carbocycles. The van der Waals surface area contributed by atoms with E-state index in [4.69, 9.17) is 75.4 Å². The summed E-state index contributed by atoms with van der Waals surface area (Å²) in [4.78, 5) is 98.3. The molecular formula is C88H99FN36O10S2. The summed E-state index contributed by atoms with van der Waals surface area (Å²) >= 11 is 0. The molecule has 0 fully saturated rings. The minimum Gasteiger partial charge on any atom is -0.508 e. The number of pyridine rings is 4. The van der Waals surface area contributed by atoms with Crippen LogP contribution in [-0.4, -0.2) is 175 Å². The van der Waals surface area contributed by atoms with Crippen LogP contribution in [0, 0.1) is 29.2 Å². The number of aromatic nitrogens is 27. The number of aromatic amines is 2. The summed E-state index contributed by atoms with van der Waals surface area (Å²) in [5.41, 5.74) is 52.1. The SMILES string of the molecule is CC(C)n1cc(-c2cc(O)cc(F)c2)c2c(N)ncnc21.CC(C)n1nc(-c2ccc(=O)[nH]c2)c2c(N)ncnc21.CC(C)n1nc(-c2ccc3c(c2)CC(=O)N3)c2c(N)ncnc21.COc1ccc(-c2nn(C(C)C)c3ncnc(N)c23)cn1.COc1ncc(-c2nn(C(C)C)c3ncnc(N)c23)cc1C.Cc1cc(-c2nn(C(C)(C)C)c3ncnc(N)c23)c[nH]c1=O.N=S(=O)=O.N=S(=O)=O. The van der Waals surface area contributed by atoms with Gasteiger partial charge in [0.25, 0.3) is 5.56 Å². The molecule has 19 rings (SSSR count). The quantitative estimate of drug-likeness (QED) is 0.0510. The fraction of sp³-hybridized carbons (Fsp3) is 0.273. The summed E-state index contributed by atoms with van der Waals surface area (Å²) in [6.07, 6.45) is 17.6. The van der Waals surface area contributed by atoms with E-state index in [9.17, 15) is 23.9 Å². The molecule has 0 unspecified atom stereocenters. The number of H-pyrrole nitrogens is 2. The van der Waals surface area contributed by atoms with Gasteiger partial charge in [0.2, 0.25) is 23.2 Å². The third-order valence-electron chi connectivity index (χ3n) is 20.7. The van der Waals surface area contributed by atoms with E-state index in [0.717, 1.165) is 101 Å². The minimum absolute atomic E-state index is 0.0116. The summed E-state index contributed by atoms with van der Waals surface area (Å²) < 4.78 is 80.6. The Balaban J connectivity index is 0.000000145. The highest BCUT2D eigenvalue weighted by Gasteiger charge is 2.29. The number of phenols is 1. The molecule has 1 amide bonds. The Morgan fingerprint density at radius 3 is 1.26 bits per heavy atom. The first-order valence-electron chi connectivity index (χ1n) is 42.0. The van der Waals surface area contributed by atoms with Crippen LogP contribution in [0.4, 0.5) is 45.0 Å². The average molecular weight is 1900 g/mol. The number of carbonyl (C=O) groups is 1. The Bertz CT molecular complexity index is 7860. The number of ether oxygens (including phenoxy) is 2. The third kappa shape index (κ3) is 22.0. The van der Waals surface area contributed by atoms with Crippen LogP contribution in [0.25, 0.3) is 134 Å². The van der Waals surface area contributed by atoms with Gasteiger partial charge in [-0.15, -0.1) is 0 Å². The van der Waals surface area contributed by atoms with Gasteiger partial charge in [-0.3, -0.25) is 14.4 Å².